The molecule has 0 atom stereocenters. The predicted molar refractivity (Wildman–Crippen MR) is 382 cm³/mol. The molecule has 8 nitrogen and oxygen atoms in total. The van der Waals surface area contributed by atoms with Gasteiger partial charge in [-0.25, -0.2) is 19.9 Å². The minimum atomic E-state index is 0.836. The second-order valence-electron chi connectivity index (χ2n) is 23.9. The molecule has 12 heteroatoms. The van der Waals surface area contributed by atoms with E-state index in [1.807, 2.05) is 43.2 Å². The van der Waals surface area contributed by atoms with Gasteiger partial charge in [0.15, 0.2) is 0 Å². The number of allylic oxidation sites excluding steroid dienone is 4. The fourth-order valence-corrected chi connectivity index (χ4v) is 17.3. The van der Waals surface area contributed by atoms with Gasteiger partial charge in [-0.15, -0.1) is 0 Å². The summed E-state index contributed by atoms with van der Waals surface area (Å²) in [6.45, 7) is 17.6. The quantitative estimate of drug-likeness (QED) is 0.111. The summed E-state index contributed by atoms with van der Waals surface area (Å²) in [6.07, 6.45) is 8.89. The second-order valence-corrected chi connectivity index (χ2v) is 28.8. The molecular formula is C76H64N8S4. The van der Waals surface area contributed by atoms with Crippen LogP contribution in [-0.4, -0.2) is 39.9 Å². The van der Waals surface area contributed by atoms with Crippen molar-refractivity contribution in [2.75, 3.05) is 0 Å². The van der Waals surface area contributed by atoms with Crippen molar-refractivity contribution < 1.29 is 0 Å². The summed E-state index contributed by atoms with van der Waals surface area (Å²) >= 11 is 0. The highest BCUT2D eigenvalue weighted by molar-refractivity contribution is 8.76. The summed E-state index contributed by atoms with van der Waals surface area (Å²) in [5, 5.41) is 0. The molecule has 0 spiro atoms. The largest absolute Gasteiger partial charge is 0.355 e. The van der Waals surface area contributed by atoms with E-state index in [1.165, 1.54) is 22.3 Å². The Labute approximate surface area is 528 Å². The third kappa shape index (κ3) is 10.7. The highest BCUT2D eigenvalue weighted by Gasteiger charge is 2.23. The number of aromatic amines is 4. The van der Waals surface area contributed by atoms with Gasteiger partial charge < -0.3 is 19.9 Å². The molecule has 0 fully saturated rings. The van der Waals surface area contributed by atoms with Crippen LogP contribution >= 0.6 is 43.2 Å². The zero-order valence-corrected chi connectivity index (χ0v) is 53.7. The third-order valence-electron chi connectivity index (χ3n) is 17.2. The number of H-pyrrole nitrogens is 4. The van der Waals surface area contributed by atoms with Crippen molar-refractivity contribution in [3.63, 3.8) is 0 Å². The van der Waals surface area contributed by atoms with Crippen molar-refractivity contribution >= 4 is 134 Å². The molecule has 0 saturated heterocycles. The number of benzene rings is 4. The SMILES string of the molecule is CC1=Cc2cc3cc(C)c([nH]3)c3c4nc(cc5cc(C)c([nH]5)c(c1n2)-c1cccc(c1)CSSCc1cccc(c1)-c1c2nc(cc5cc(C)c([nH]5)c(c5nc(cc6cc(C)c1[nH]6)C=C5C)-c1cccc(c1)CSSCc1cccc-3c1)C=C2C)C=C4C. The maximum absolute atomic E-state index is 5.47. The predicted octanol–water partition coefficient (Wildman–Crippen LogP) is 21.6. The number of aromatic nitrogens is 8. The topological polar surface area (TPSA) is 115 Å². The fraction of sp³-hybridized carbons (Fsp3) is 0.158. The van der Waals surface area contributed by atoms with Crippen molar-refractivity contribution in [1.29, 1.82) is 0 Å². The first-order chi connectivity index (χ1) is 42.8. The molecule has 0 radical (unpaired) electrons. The average molecular weight is 1220 g/mol. The number of nitrogens with zero attached hydrogens (tertiary/aromatic N) is 4. The van der Waals surface area contributed by atoms with Gasteiger partial charge in [-0.05, 0) is 217 Å². The first-order valence-electron chi connectivity index (χ1n) is 29.9. The zero-order valence-electron chi connectivity index (χ0n) is 50.4. The summed E-state index contributed by atoms with van der Waals surface area (Å²) in [5.41, 5.74) is 38.7. The molecule has 0 unspecified atom stereocenters. The molecular weight excluding hydrogens is 1150 g/mol. The highest BCUT2D eigenvalue weighted by atomic mass is 33.1. The van der Waals surface area contributed by atoms with E-state index in [4.69, 9.17) is 19.9 Å². The lowest BCUT2D eigenvalue weighted by Crippen LogP contribution is -1.91. The molecule has 10 aromatic rings. The number of hydrogen-bond acceptors (Lipinski definition) is 8. The third-order valence-corrected chi connectivity index (χ3v) is 21.7. The number of nitrogens with one attached hydrogen (secondary N) is 4. The molecule has 4 N–H and O–H groups in total. The van der Waals surface area contributed by atoms with E-state index in [0.29, 0.717) is 0 Å². The van der Waals surface area contributed by atoms with Crippen molar-refractivity contribution in [3.05, 3.63) is 236 Å². The van der Waals surface area contributed by atoms with Gasteiger partial charge in [0.1, 0.15) is 0 Å². The molecule has 6 aromatic heterocycles. The monoisotopic (exact) mass is 1220 g/mol. The van der Waals surface area contributed by atoms with Crippen LogP contribution in [0.5, 0.6) is 0 Å². The molecule has 88 heavy (non-hydrogen) atoms. The molecule has 4 aromatic carbocycles. The van der Waals surface area contributed by atoms with Crippen LogP contribution in [-0.2, 0) is 23.0 Å². The van der Waals surface area contributed by atoms with E-state index < -0.39 is 0 Å². The maximum atomic E-state index is 5.47. The van der Waals surface area contributed by atoms with Gasteiger partial charge in [-0.2, -0.15) is 0 Å². The van der Waals surface area contributed by atoms with E-state index in [-0.39, 0.29) is 0 Å². The van der Waals surface area contributed by atoms with Crippen LogP contribution in [0.15, 0.2) is 146 Å². The molecule has 8 aliphatic rings. The summed E-state index contributed by atoms with van der Waals surface area (Å²) < 4.78 is 0. The van der Waals surface area contributed by atoms with Gasteiger partial charge in [0, 0.05) is 67.3 Å². The van der Waals surface area contributed by atoms with E-state index in [0.717, 1.165) is 202 Å². The standard InChI is InChI=1S/C76H64N8S4/c1-41-21-57-33-58-23-43(3)71(79-58)66-54-18-10-14-50(30-54)39-87-88-40-52-16-12-20-56(32-52)68-75-47(7)27-63(83-75)35-61-25-45(5)73(81-61)67(74-46(6)26-62(82-74)36-64-28-48(8)76(68)84-64)55-19-11-15-51(31-55)38-86-85-37-49-13-9-17-53(29-49)65(69(41)77-57)70-42(2)22-59(78-70)34-60-24-44(4)72(66)80-60/h9-36,77,80-81,84H,37-40H2,1-8H3. The Morgan fingerprint density at radius 1 is 0.284 bits per heavy atom. The molecule has 28 bridgehead atoms. The lowest BCUT2D eigenvalue weighted by Gasteiger charge is -2.11. The molecule has 8 aliphatic heterocycles. The normalized spacial score (nSPS) is 14.3. The van der Waals surface area contributed by atoms with Crippen LogP contribution in [0.1, 0.15) is 118 Å². The molecule has 14 heterocycles. The Hall–Kier alpha value is -8.52. The molecule has 0 amide bonds. The minimum Gasteiger partial charge on any atom is -0.355 e. The van der Waals surface area contributed by atoms with Crippen molar-refractivity contribution in [2.24, 2.45) is 0 Å². The summed E-state index contributed by atoms with van der Waals surface area (Å²) in [6, 6.07) is 53.9. The lowest BCUT2D eigenvalue weighted by molar-refractivity contribution is 1.29. The second kappa shape index (κ2) is 22.9. The van der Waals surface area contributed by atoms with Crippen LogP contribution < -0.4 is 0 Å². The Kier molecular flexibility index (Phi) is 14.6. The first kappa shape index (κ1) is 56.0. The van der Waals surface area contributed by atoms with E-state index in [2.05, 4.69) is 245 Å². The van der Waals surface area contributed by atoms with Crippen LogP contribution in [0.3, 0.4) is 0 Å². The van der Waals surface area contributed by atoms with Gasteiger partial charge in [-0.3, -0.25) is 0 Å². The van der Waals surface area contributed by atoms with Crippen LogP contribution in [0, 0.1) is 27.7 Å². The molecule has 0 aliphatic carbocycles. The number of hydrogen-bond donors (Lipinski definition) is 4. The van der Waals surface area contributed by atoms with Gasteiger partial charge >= 0.3 is 0 Å². The van der Waals surface area contributed by atoms with Gasteiger partial charge in [-0.1, -0.05) is 140 Å². The first-order valence-corrected chi connectivity index (χ1v) is 34.9. The highest BCUT2D eigenvalue weighted by Crippen LogP contribution is 2.43. The van der Waals surface area contributed by atoms with Crippen molar-refractivity contribution in [3.8, 4) is 44.5 Å². The fourth-order valence-electron chi connectivity index (χ4n) is 13.1. The Balaban J connectivity index is 0.902. The zero-order chi connectivity index (χ0) is 59.9. The van der Waals surface area contributed by atoms with Gasteiger partial charge in [0.2, 0.25) is 0 Å². The Morgan fingerprint density at radius 3 is 0.739 bits per heavy atom. The van der Waals surface area contributed by atoms with Crippen LogP contribution in [0.25, 0.3) is 135 Å². The molecule has 432 valence electrons. The van der Waals surface area contributed by atoms with Gasteiger partial charge in [0.25, 0.3) is 0 Å². The van der Waals surface area contributed by atoms with Crippen molar-refractivity contribution in [2.45, 2.75) is 78.4 Å². The summed E-state index contributed by atoms with van der Waals surface area (Å²) in [5.74, 6) is 3.34. The molecule has 18 rings (SSSR count). The van der Waals surface area contributed by atoms with Crippen molar-refractivity contribution in [1.82, 2.24) is 39.9 Å². The average Bonchev–Trinajstić information content (AvgIpc) is 2.26. The minimum absolute atomic E-state index is 0.836. The Morgan fingerprint density at radius 2 is 0.511 bits per heavy atom. The van der Waals surface area contributed by atoms with Crippen LogP contribution in [0.4, 0.5) is 0 Å². The van der Waals surface area contributed by atoms with Crippen LogP contribution in [0.2, 0.25) is 0 Å². The number of rotatable bonds is 0. The maximum Gasteiger partial charge on any atom is 0.0766 e. The van der Waals surface area contributed by atoms with Gasteiger partial charge in [0.05, 0.1) is 67.6 Å². The summed E-state index contributed by atoms with van der Waals surface area (Å²) in [4.78, 5) is 37.4. The smallest absolute Gasteiger partial charge is 0.0766 e. The molecule has 0 saturated carbocycles. The van der Waals surface area contributed by atoms with E-state index in [9.17, 15) is 0 Å². The summed E-state index contributed by atoms with van der Waals surface area (Å²) in [7, 11) is 7.55. The van der Waals surface area contributed by atoms with E-state index >= 15 is 0 Å². The lowest BCUT2D eigenvalue weighted by atomic mass is 9.98. The van der Waals surface area contributed by atoms with E-state index in [1.54, 1.807) is 0 Å². The number of aryl methyl sites for hydroxylation is 4. The Bertz CT molecular complexity index is 4460.